The Labute approximate surface area is 234 Å². The molecule has 11 nitrogen and oxygen atoms in total. The number of aliphatic hydroxyl groups excluding tert-OH is 1. The maximum absolute atomic E-state index is 12.5. The standard InChI is InChI=1S/C21H25N5O2.2C2HF3O2/c1-21(2,3)15-6-4-14(5-7-15)20(28)23-17-13-26-18(22-17)8-9-19(24-26)25-11-10-16(27)12-25;2*3-2(4,5)1(6)7/h4-9,13,16,27H,10-12H2,1-3H3,(H,23,28);2*(H,6,7). The number of aliphatic carboxylic acids is 2. The Bertz CT molecular complexity index is 1380. The minimum atomic E-state index is -5.08. The Morgan fingerprint density at radius 1 is 0.905 bits per heavy atom. The number of benzene rings is 1. The zero-order chi connectivity index (χ0) is 32.0. The minimum Gasteiger partial charge on any atom is -0.475 e. The molecule has 4 rings (SSSR count). The van der Waals surface area contributed by atoms with E-state index < -0.39 is 24.3 Å². The molecule has 1 fully saturated rings. The Morgan fingerprint density at radius 3 is 1.86 bits per heavy atom. The molecule has 2 aromatic heterocycles. The summed E-state index contributed by atoms with van der Waals surface area (Å²) in [5.41, 5.74) is 2.47. The van der Waals surface area contributed by atoms with Gasteiger partial charge in [0, 0.05) is 18.7 Å². The number of nitrogens with one attached hydrogen (secondary N) is 1. The van der Waals surface area contributed by atoms with Crippen LogP contribution in [0.5, 0.6) is 0 Å². The number of halogens is 6. The van der Waals surface area contributed by atoms with Gasteiger partial charge in [0.2, 0.25) is 0 Å². The molecule has 17 heteroatoms. The second-order valence-electron chi connectivity index (χ2n) is 9.90. The molecular formula is C25H27F6N5O6. The normalized spacial score (nSPS) is 15.3. The summed E-state index contributed by atoms with van der Waals surface area (Å²) in [6, 6.07) is 11.4. The van der Waals surface area contributed by atoms with E-state index in [1.54, 1.807) is 10.7 Å². The SMILES string of the molecule is CC(C)(C)c1ccc(C(=O)Nc2cn3nc(N4CCC(O)C4)ccc3n2)cc1.O=C(O)C(F)(F)F.O=C(O)C(F)(F)F. The number of fused-ring (bicyclic) bond motifs is 1. The molecule has 1 atom stereocenters. The molecule has 0 bridgehead atoms. The highest BCUT2D eigenvalue weighted by Crippen LogP contribution is 2.23. The predicted octanol–water partition coefficient (Wildman–Crippen LogP) is 4.12. The molecule has 1 aromatic carbocycles. The van der Waals surface area contributed by atoms with E-state index in [9.17, 15) is 36.2 Å². The lowest BCUT2D eigenvalue weighted by molar-refractivity contribution is -0.193. The number of amides is 1. The summed E-state index contributed by atoms with van der Waals surface area (Å²) in [6.45, 7) is 7.79. The van der Waals surface area contributed by atoms with Gasteiger partial charge in [-0.2, -0.15) is 26.3 Å². The van der Waals surface area contributed by atoms with Crippen LogP contribution in [0.3, 0.4) is 0 Å². The highest BCUT2D eigenvalue weighted by Gasteiger charge is 2.38. The number of carboxylic acid groups (broad SMARTS) is 2. The predicted molar refractivity (Wildman–Crippen MR) is 136 cm³/mol. The van der Waals surface area contributed by atoms with Crippen molar-refractivity contribution in [2.24, 2.45) is 0 Å². The fraction of sp³-hybridized carbons (Fsp3) is 0.400. The largest absolute Gasteiger partial charge is 0.490 e. The molecule has 4 N–H and O–H groups in total. The molecule has 0 radical (unpaired) electrons. The minimum absolute atomic E-state index is 0.0470. The molecule has 1 saturated heterocycles. The molecule has 1 unspecified atom stereocenters. The second kappa shape index (κ2) is 13.1. The van der Waals surface area contributed by atoms with Crippen molar-refractivity contribution >= 4 is 35.1 Å². The van der Waals surface area contributed by atoms with Crippen LogP contribution in [-0.2, 0) is 15.0 Å². The van der Waals surface area contributed by atoms with Crippen LogP contribution in [0.2, 0.25) is 0 Å². The van der Waals surface area contributed by atoms with Crippen molar-refractivity contribution in [3.63, 3.8) is 0 Å². The number of aliphatic hydroxyl groups is 1. The van der Waals surface area contributed by atoms with E-state index in [0.29, 0.717) is 23.6 Å². The summed E-state index contributed by atoms with van der Waals surface area (Å²) in [4.78, 5) is 36.8. The number of β-amino-alcohol motifs (C(OH)–C–C–N with tert-alkyl or cyclic N) is 1. The van der Waals surface area contributed by atoms with E-state index in [4.69, 9.17) is 19.8 Å². The lowest BCUT2D eigenvalue weighted by Gasteiger charge is -2.18. The van der Waals surface area contributed by atoms with Gasteiger partial charge in [0.05, 0.1) is 12.3 Å². The van der Waals surface area contributed by atoms with Crippen molar-refractivity contribution in [3.05, 3.63) is 53.7 Å². The van der Waals surface area contributed by atoms with Gasteiger partial charge in [-0.05, 0) is 41.7 Å². The van der Waals surface area contributed by atoms with Crippen LogP contribution in [0.4, 0.5) is 38.0 Å². The molecule has 0 spiro atoms. The maximum atomic E-state index is 12.5. The van der Waals surface area contributed by atoms with Gasteiger partial charge in [0.25, 0.3) is 5.91 Å². The fourth-order valence-corrected chi connectivity index (χ4v) is 3.36. The first-order valence-corrected chi connectivity index (χ1v) is 12.0. The van der Waals surface area contributed by atoms with E-state index in [-0.39, 0.29) is 17.4 Å². The number of hydrogen-bond donors (Lipinski definition) is 4. The van der Waals surface area contributed by atoms with Gasteiger partial charge >= 0.3 is 24.3 Å². The van der Waals surface area contributed by atoms with Gasteiger partial charge in [0.15, 0.2) is 11.5 Å². The van der Waals surface area contributed by atoms with Crippen LogP contribution in [0.15, 0.2) is 42.6 Å². The summed E-state index contributed by atoms with van der Waals surface area (Å²) >= 11 is 0. The van der Waals surface area contributed by atoms with Crippen LogP contribution in [0.25, 0.3) is 5.65 Å². The first-order chi connectivity index (χ1) is 19.2. The lowest BCUT2D eigenvalue weighted by atomic mass is 9.87. The van der Waals surface area contributed by atoms with Crippen molar-refractivity contribution in [2.75, 3.05) is 23.3 Å². The summed E-state index contributed by atoms with van der Waals surface area (Å²) < 4.78 is 65.1. The van der Waals surface area contributed by atoms with E-state index in [1.165, 1.54) is 5.56 Å². The van der Waals surface area contributed by atoms with Gasteiger partial charge in [-0.1, -0.05) is 32.9 Å². The van der Waals surface area contributed by atoms with Gasteiger partial charge in [-0.3, -0.25) is 4.79 Å². The highest BCUT2D eigenvalue weighted by atomic mass is 19.4. The number of aromatic nitrogens is 3. The number of nitrogens with zero attached hydrogens (tertiary/aromatic N) is 4. The van der Waals surface area contributed by atoms with Gasteiger partial charge in [-0.15, -0.1) is 5.10 Å². The second-order valence-corrected chi connectivity index (χ2v) is 9.90. The topological polar surface area (TPSA) is 157 Å². The summed E-state index contributed by atoms with van der Waals surface area (Å²) in [7, 11) is 0. The van der Waals surface area contributed by atoms with Crippen molar-refractivity contribution in [1.82, 2.24) is 14.6 Å². The molecule has 42 heavy (non-hydrogen) atoms. The van der Waals surface area contributed by atoms with Crippen LogP contribution < -0.4 is 10.2 Å². The Morgan fingerprint density at radius 2 is 1.43 bits per heavy atom. The third-order valence-corrected chi connectivity index (χ3v) is 5.53. The van der Waals surface area contributed by atoms with Crippen molar-refractivity contribution < 1.29 is 56.0 Å². The lowest BCUT2D eigenvalue weighted by Crippen LogP contribution is -2.22. The van der Waals surface area contributed by atoms with Crippen molar-refractivity contribution in [2.45, 2.75) is 51.1 Å². The number of carbonyl (C=O) groups excluding carboxylic acids is 1. The zero-order valence-electron chi connectivity index (χ0n) is 22.4. The number of hydrogen-bond acceptors (Lipinski definition) is 7. The average molecular weight is 608 g/mol. The van der Waals surface area contributed by atoms with Crippen molar-refractivity contribution in [3.8, 4) is 0 Å². The average Bonchev–Trinajstić information content (AvgIpc) is 3.48. The van der Waals surface area contributed by atoms with Gasteiger partial charge in [-0.25, -0.2) is 19.1 Å². The first-order valence-electron chi connectivity index (χ1n) is 12.0. The Kier molecular flexibility index (Phi) is 10.5. The Balaban J connectivity index is 0.000000367. The van der Waals surface area contributed by atoms with E-state index in [2.05, 4.69) is 36.2 Å². The molecule has 230 valence electrons. The van der Waals surface area contributed by atoms with Crippen molar-refractivity contribution in [1.29, 1.82) is 0 Å². The molecule has 3 aromatic rings. The summed E-state index contributed by atoms with van der Waals surface area (Å²) in [5.74, 6) is -4.47. The monoisotopic (exact) mass is 607 g/mol. The first kappa shape index (κ1) is 33.8. The molecular weight excluding hydrogens is 580 g/mol. The van der Waals surface area contributed by atoms with Crippen LogP contribution in [0.1, 0.15) is 43.1 Å². The third kappa shape index (κ3) is 9.90. The molecule has 3 heterocycles. The fourth-order valence-electron chi connectivity index (χ4n) is 3.36. The smallest absolute Gasteiger partial charge is 0.475 e. The van der Waals surface area contributed by atoms with E-state index in [1.807, 2.05) is 41.3 Å². The molecule has 1 aliphatic rings. The molecule has 1 amide bonds. The number of imidazole rings is 1. The molecule has 0 aliphatic carbocycles. The van der Waals surface area contributed by atoms with Crippen LogP contribution >= 0.6 is 0 Å². The quantitative estimate of drug-likeness (QED) is 0.322. The van der Waals surface area contributed by atoms with E-state index >= 15 is 0 Å². The van der Waals surface area contributed by atoms with Crippen LogP contribution in [-0.4, -0.2) is 79.3 Å². The number of anilines is 2. The number of carboxylic acids is 2. The zero-order valence-corrected chi connectivity index (χ0v) is 22.4. The molecule has 0 saturated carbocycles. The number of alkyl halides is 6. The highest BCUT2D eigenvalue weighted by molar-refractivity contribution is 6.03. The number of rotatable bonds is 3. The van der Waals surface area contributed by atoms with Crippen LogP contribution in [0, 0.1) is 0 Å². The Hall–Kier alpha value is -4.41. The third-order valence-electron chi connectivity index (χ3n) is 5.53. The molecule has 1 aliphatic heterocycles. The maximum Gasteiger partial charge on any atom is 0.490 e. The summed E-state index contributed by atoms with van der Waals surface area (Å²) in [6.07, 6.45) is -8.02. The van der Waals surface area contributed by atoms with Gasteiger partial charge < -0.3 is 25.5 Å². The van der Waals surface area contributed by atoms with E-state index in [0.717, 1.165) is 18.8 Å². The summed E-state index contributed by atoms with van der Waals surface area (Å²) in [5, 5.41) is 31.3. The number of carbonyl (C=O) groups is 3. The van der Waals surface area contributed by atoms with Gasteiger partial charge in [0.1, 0.15) is 5.82 Å².